The Bertz CT molecular complexity index is 905. The predicted octanol–water partition coefficient (Wildman–Crippen LogP) is 1.50. The number of aromatic nitrogens is 4. The Morgan fingerprint density at radius 3 is 3.08 bits per heavy atom. The molecule has 2 N–H and O–H groups in total. The molecule has 0 spiro atoms. The van der Waals surface area contributed by atoms with E-state index in [9.17, 15) is 4.79 Å². The lowest BCUT2D eigenvalue weighted by Crippen LogP contribution is -2.43. The highest BCUT2D eigenvalue weighted by molar-refractivity contribution is 7.21. The first-order valence-electron chi connectivity index (χ1n) is 8.08. The van der Waals surface area contributed by atoms with Gasteiger partial charge in [0.25, 0.3) is 5.91 Å². The fourth-order valence-corrected chi connectivity index (χ4v) is 4.66. The van der Waals surface area contributed by atoms with Gasteiger partial charge in [0.15, 0.2) is 0 Å². The van der Waals surface area contributed by atoms with E-state index in [1.54, 1.807) is 28.5 Å². The number of hydrogen-bond acceptors (Lipinski definition) is 6. The van der Waals surface area contributed by atoms with Crippen molar-refractivity contribution in [2.24, 2.45) is 0 Å². The zero-order valence-corrected chi connectivity index (χ0v) is 13.7. The van der Waals surface area contributed by atoms with Gasteiger partial charge in [-0.05, 0) is 36.8 Å². The molecule has 2 aliphatic heterocycles. The van der Waals surface area contributed by atoms with Crippen LogP contribution >= 0.6 is 11.3 Å². The van der Waals surface area contributed by atoms with E-state index in [0.29, 0.717) is 17.8 Å². The van der Waals surface area contributed by atoms with E-state index in [2.05, 4.69) is 25.7 Å². The number of carbonyl (C=O) groups is 1. The summed E-state index contributed by atoms with van der Waals surface area (Å²) < 4.78 is 2.74. The van der Waals surface area contributed by atoms with Crippen LogP contribution in [0, 0.1) is 0 Å². The first-order chi connectivity index (χ1) is 11.8. The van der Waals surface area contributed by atoms with Crippen molar-refractivity contribution in [3.8, 4) is 5.00 Å². The molecule has 7 nitrogen and oxygen atoms in total. The SMILES string of the molecule is O=C(N[C@@H]1C[C@H]2CC[C@@H]1N2)c1cc2cc(-n3cncn3)sc2cn1. The highest BCUT2D eigenvalue weighted by Gasteiger charge is 2.39. The van der Waals surface area contributed by atoms with Crippen molar-refractivity contribution in [2.45, 2.75) is 37.4 Å². The van der Waals surface area contributed by atoms with Gasteiger partial charge < -0.3 is 10.6 Å². The van der Waals surface area contributed by atoms with Crippen LogP contribution in [-0.2, 0) is 0 Å². The molecule has 2 aliphatic rings. The Hall–Kier alpha value is -2.32. The number of thiophene rings is 1. The molecule has 3 aromatic rings. The third-order valence-electron chi connectivity index (χ3n) is 4.88. The summed E-state index contributed by atoms with van der Waals surface area (Å²) in [5, 5.41) is 12.8. The lowest BCUT2D eigenvalue weighted by Gasteiger charge is -2.21. The molecule has 3 aromatic heterocycles. The summed E-state index contributed by atoms with van der Waals surface area (Å²) in [7, 11) is 0. The molecule has 122 valence electrons. The molecule has 3 atom stereocenters. The number of hydrogen-bond donors (Lipinski definition) is 2. The van der Waals surface area contributed by atoms with E-state index in [1.165, 1.54) is 12.7 Å². The van der Waals surface area contributed by atoms with Gasteiger partial charge in [-0.3, -0.25) is 4.79 Å². The Balaban J connectivity index is 1.39. The van der Waals surface area contributed by atoms with Gasteiger partial charge in [0.05, 0.1) is 4.70 Å². The van der Waals surface area contributed by atoms with E-state index in [0.717, 1.165) is 27.9 Å². The smallest absolute Gasteiger partial charge is 0.270 e. The molecule has 0 unspecified atom stereocenters. The van der Waals surface area contributed by atoms with Crippen molar-refractivity contribution in [3.63, 3.8) is 0 Å². The fraction of sp³-hybridized carbons (Fsp3) is 0.375. The van der Waals surface area contributed by atoms with Crippen LogP contribution in [0.1, 0.15) is 29.8 Å². The lowest BCUT2D eigenvalue weighted by molar-refractivity contribution is 0.0926. The van der Waals surface area contributed by atoms with E-state index in [4.69, 9.17) is 0 Å². The highest BCUT2D eigenvalue weighted by Crippen LogP contribution is 2.29. The monoisotopic (exact) mass is 340 g/mol. The first-order valence-corrected chi connectivity index (χ1v) is 8.89. The highest BCUT2D eigenvalue weighted by atomic mass is 32.1. The molecule has 5 heterocycles. The molecule has 1 amide bonds. The number of nitrogens with zero attached hydrogens (tertiary/aromatic N) is 4. The van der Waals surface area contributed by atoms with Crippen molar-refractivity contribution in [1.82, 2.24) is 30.4 Å². The zero-order valence-electron chi connectivity index (χ0n) is 12.8. The van der Waals surface area contributed by atoms with E-state index < -0.39 is 0 Å². The largest absolute Gasteiger partial charge is 0.346 e. The topological polar surface area (TPSA) is 84.7 Å². The summed E-state index contributed by atoms with van der Waals surface area (Å²) >= 11 is 1.57. The van der Waals surface area contributed by atoms with Gasteiger partial charge in [0, 0.05) is 24.3 Å². The van der Waals surface area contributed by atoms with Crippen molar-refractivity contribution in [1.29, 1.82) is 0 Å². The van der Waals surface area contributed by atoms with Crippen LogP contribution in [0.3, 0.4) is 0 Å². The van der Waals surface area contributed by atoms with Crippen molar-refractivity contribution in [2.75, 3.05) is 0 Å². The molecule has 2 bridgehead atoms. The van der Waals surface area contributed by atoms with Crippen molar-refractivity contribution < 1.29 is 4.79 Å². The predicted molar refractivity (Wildman–Crippen MR) is 90.4 cm³/mol. The standard InChI is InChI=1S/C16H16N6OS/c23-16(21-12-5-10-1-2-11(12)20-10)13-3-9-4-15(22-8-17-7-19-22)24-14(9)6-18-13/h3-4,6-8,10-12,20H,1-2,5H2,(H,21,23)/t10-,11+,12-/m1/s1. The molecular formula is C16H16N6OS. The van der Waals surface area contributed by atoms with E-state index in [1.807, 2.05) is 12.1 Å². The average Bonchev–Trinajstić information content (AvgIpc) is 3.35. The van der Waals surface area contributed by atoms with Crippen LogP contribution in [0.2, 0.25) is 0 Å². The molecule has 24 heavy (non-hydrogen) atoms. The van der Waals surface area contributed by atoms with Crippen LogP contribution in [0.15, 0.2) is 31.0 Å². The lowest BCUT2D eigenvalue weighted by atomic mass is 9.95. The minimum atomic E-state index is -0.0928. The summed E-state index contributed by atoms with van der Waals surface area (Å²) in [5.74, 6) is -0.0928. The summed E-state index contributed by atoms with van der Waals surface area (Å²) in [6.07, 6.45) is 8.32. The van der Waals surface area contributed by atoms with Gasteiger partial charge in [-0.25, -0.2) is 14.6 Å². The second-order valence-corrected chi connectivity index (χ2v) is 7.46. The van der Waals surface area contributed by atoms with Crippen LogP contribution in [0.25, 0.3) is 15.1 Å². The van der Waals surface area contributed by atoms with Crippen molar-refractivity contribution in [3.05, 3.63) is 36.7 Å². The maximum absolute atomic E-state index is 12.5. The van der Waals surface area contributed by atoms with Gasteiger partial charge in [-0.15, -0.1) is 11.3 Å². The number of fused-ring (bicyclic) bond motifs is 3. The van der Waals surface area contributed by atoms with Gasteiger partial charge in [-0.1, -0.05) is 0 Å². The Labute approximate surface area is 142 Å². The van der Waals surface area contributed by atoms with E-state index in [-0.39, 0.29) is 11.9 Å². The van der Waals surface area contributed by atoms with Crippen LogP contribution < -0.4 is 10.6 Å². The fourth-order valence-electron chi connectivity index (χ4n) is 3.72. The summed E-state index contributed by atoms with van der Waals surface area (Å²) in [5.41, 5.74) is 0.466. The molecule has 2 fully saturated rings. The molecular weight excluding hydrogens is 324 g/mol. The Kier molecular flexibility index (Phi) is 3.14. The third-order valence-corrected chi connectivity index (χ3v) is 5.96. The summed E-state index contributed by atoms with van der Waals surface area (Å²) in [4.78, 5) is 20.8. The van der Waals surface area contributed by atoms with E-state index >= 15 is 0 Å². The number of carbonyl (C=O) groups excluding carboxylic acids is 1. The molecule has 0 aromatic carbocycles. The molecule has 8 heteroatoms. The maximum atomic E-state index is 12.5. The average molecular weight is 340 g/mol. The van der Waals surface area contributed by atoms with Crippen LogP contribution in [0.5, 0.6) is 0 Å². The molecule has 0 aliphatic carbocycles. The second-order valence-electron chi connectivity index (χ2n) is 6.40. The maximum Gasteiger partial charge on any atom is 0.270 e. The van der Waals surface area contributed by atoms with Gasteiger partial charge in [-0.2, -0.15) is 5.10 Å². The van der Waals surface area contributed by atoms with Gasteiger partial charge >= 0.3 is 0 Å². The number of amides is 1. The molecule has 2 saturated heterocycles. The zero-order chi connectivity index (χ0) is 16.1. The second kappa shape index (κ2) is 5.35. The number of nitrogens with one attached hydrogen (secondary N) is 2. The summed E-state index contributed by atoms with van der Waals surface area (Å²) in [6, 6.07) is 5.07. The van der Waals surface area contributed by atoms with Crippen LogP contribution in [0.4, 0.5) is 0 Å². The normalized spacial score (nSPS) is 25.4. The molecule has 5 rings (SSSR count). The van der Waals surface area contributed by atoms with Gasteiger partial charge in [0.1, 0.15) is 23.3 Å². The summed E-state index contributed by atoms with van der Waals surface area (Å²) in [6.45, 7) is 0. The quantitative estimate of drug-likeness (QED) is 0.755. The van der Waals surface area contributed by atoms with Gasteiger partial charge in [0.2, 0.25) is 0 Å². The van der Waals surface area contributed by atoms with Crippen LogP contribution in [-0.4, -0.2) is 43.8 Å². The first kappa shape index (κ1) is 14.1. The van der Waals surface area contributed by atoms with Crippen molar-refractivity contribution >= 4 is 27.3 Å². The number of pyridine rings is 1. The number of rotatable bonds is 3. The Morgan fingerprint density at radius 2 is 2.33 bits per heavy atom. The third kappa shape index (κ3) is 2.30. The Morgan fingerprint density at radius 1 is 1.38 bits per heavy atom. The minimum Gasteiger partial charge on any atom is -0.346 e. The molecule has 0 saturated carbocycles. The minimum absolute atomic E-state index is 0.0928. The molecule has 0 radical (unpaired) electrons.